The van der Waals surface area contributed by atoms with E-state index in [0.717, 1.165) is 25.9 Å². The topological polar surface area (TPSA) is 101 Å². The fraction of sp³-hybridized carbons (Fsp3) is 0.615. The Morgan fingerprint density at radius 1 is 1.48 bits per heavy atom. The van der Waals surface area contributed by atoms with Gasteiger partial charge in [-0.25, -0.2) is 0 Å². The van der Waals surface area contributed by atoms with Gasteiger partial charge in [-0.1, -0.05) is 0 Å². The van der Waals surface area contributed by atoms with Crippen LogP contribution in [0.5, 0.6) is 0 Å². The van der Waals surface area contributed by atoms with Crippen molar-refractivity contribution in [2.75, 3.05) is 26.7 Å². The molecular weight excluding hydrogens is 276 g/mol. The predicted molar refractivity (Wildman–Crippen MR) is 75.7 cm³/mol. The molecule has 8 nitrogen and oxygen atoms in total. The number of likely N-dealkylation sites (N-methyl/N-ethyl adjacent to an activating group) is 1. The highest BCUT2D eigenvalue weighted by Gasteiger charge is 2.20. The first kappa shape index (κ1) is 15.5. The van der Waals surface area contributed by atoms with Crippen molar-refractivity contribution in [1.82, 2.24) is 15.5 Å². The van der Waals surface area contributed by atoms with Gasteiger partial charge in [0.15, 0.2) is 0 Å². The van der Waals surface area contributed by atoms with Crippen LogP contribution in [0, 0.1) is 10.1 Å². The largest absolute Gasteiger partial charge is 0.433 e. The molecule has 0 aromatic carbocycles. The smallest absolute Gasteiger partial charge is 0.404 e. The Morgan fingerprint density at radius 2 is 2.19 bits per heavy atom. The third-order valence-electron chi connectivity index (χ3n) is 3.63. The van der Waals surface area contributed by atoms with Crippen molar-refractivity contribution in [1.29, 1.82) is 0 Å². The van der Waals surface area contributed by atoms with E-state index in [4.69, 9.17) is 4.42 Å². The number of piperidine rings is 1. The zero-order valence-corrected chi connectivity index (χ0v) is 12.0. The van der Waals surface area contributed by atoms with Crippen molar-refractivity contribution in [2.24, 2.45) is 0 Å². The summed E-state index contributed by atoms with van der Waals surface area (Å²) in [6, 6.07) is 3.32. The zero-order chi connectivity index (χ0) is 15.2. The van der Waals surface area contributed by atoms with Gasteiger partial charge in [-0.3, -0.25) is 19.8 Å². The van der Waals surface area contributed by atoms with Gasteiger partial charge in [0, 0.05) is 26.2 Å². The minimum atomic E-state index is -0.541. The molecular formula is C13H20N4O4. The van der Waals surface area contributed by atoms with Crippen LogP contribution in [0.15, 0.2) is 16.5 Å². The van der Waals surface area contributed by atoms with Crippen LogP contribution in [0.25, 0.3) is 0 Å². The lowest BCUT2D eigenvalue weighted by atomic mass is 10.1. The molecule has 1 amide bonds. The van der Waals surface area contributed by atoms with Crippen molar-refractivity contribution < 1.29 is 14.1 Å². The van der Waals surface area contributed by atoms with Crippen molar-refractivity contribution in [3.63, 3.8) is 0 Å². The summed E-state index contributed by atoms with van der Waals surface area (Å²) < 4.78 is 5.10. The molecule has 1 aliphatic rings. The van der Waals surface area contributed by atoms with Gasteiger partial charge in [0.05, 0.1) is 19.2 Å². The first-order valence-corrected chi connectivity index (χ1v) is 6.98. The van der Waals surface area contributed by atoms with Crippen molar-refractivity contribution >= 4 is 11.8 Å². The van der Waals surface area contributed by atoms with E-state index >= 15 is 0 Å². The number of nitrogens with zero attached hydrogens (tertiary/aromatic N) is 2. The molecule has 2 heterocycles. The number of carbonyl (C=O) groups excluding carboxylic acids is 1. The number of nitro groups is 1. The second kappa shape index (κ2) is 7.19. The molecule has 116 valence electrons. The van der Waals surface area contributed by atoms with Crippen molar-refractivity contribution in [3.05, 3.63) is 28.0 Å². The maximum absolute atomic E-state index is 11.3. The monoisotopic (exact) mass is 296 g/mol. The average Bonchev–Trinajstić information content (AvgIpc) is 2.95. The van der Waals surface area contributed by atoms with Crippen LogP contribution < -0.4 is 10.6 Å². The van der Waals surface area contributed by atoms with Gasteiger partial charge in [0.1, 0.15) is 10.7 Å². The Morgan fingerprint density at radius 3 is 2.76 bits per heavy atom. The van der Waals surface area contributed by atoms with Gasteiger partial charge in [-0.05, 0) is 18.9 Å². The zero-order valence-electron chi connectivity index (χ0n) is 12.0. The highest BCUT2D eigenvalue weighted by molar-refractivity contribution is 5.77. The minimum Gasteiger partial charge on any atom is -0.404 e. The number of nitrogens with one attached hydrogen (secondary N) is 2. The molecule has 2 N–H and O–H groups in total. The van der Waals surface area contributed by atoms with E-state index in [2.05, 4.69) is 15.5 Å². The van der Waals surface area contributed by atoms with Crippen molar-refractivity contribution in [2.45, 2.75) is 25.4 Å². The number of amides is 1. The number of rotatable bonds is 6. The van der Waals surface area contributed by atoms with Crippen molar-refractivity contribution in [3.8, 4) is 0 Å². The molecule has 0 bridgehead atoms. The second-order valence-electron chi connectivity index (χ2n) is 5.10. The average molecular weight is 296 g/mol. The summed E-state index contributed by atoms with van der Waals surface area (Å²) in [6.07, 6.45) is 1.89. The molecule has 21 heavy (non-hydrogen) atoms. The van der Waals surface area contributed by atoms with Crippen LogP contribution in [0.2, 0.25) is 0 Å². The van der Waals surface area contributed by atoms with E-state index in [-0.39, 0.29) is 11.8 Å². The van der Waals surface area contributed by atoms with Gasteiger partial charge < -0.3 is 15.1 Å². The van der Waals surface area contributed by atoms with Gasteiger partial charge >= 0.3 is 5.88 Å². The molecule has 0 saturated carbocycles. The lowest BCUT2D eigenvalue weighted by Gasteiger charge is -2.31. The Kier molecular flexibility index (Phi) is 5.29. The van der Waals surface area contributed by atoms with Crippen LogP contribution in [-0.4, -0.2) is 48.5 Å². The van der Waals surface area contributed by atoms with E-state index in [9.17, 15) is 14.9 Å². The molecule has 0 radical (unpaired) electrons. The number of hydrogen-bond acceptors (Lipinski definition) is 6. The highest BCUT2D eigenvalue weighted by atomic mass is 16.6. The molecule has 8 heteroatoms. The summed E-state index contributed by atoms with van der Waals surface area (Å²) in [5, 5.41) is 16.5. The SMILES string of the molecule is CNC(=O)CN1CCC(NCc2ccc([N+](=O)[O-])o2)CC1. The van der Waals surface area contributed by atoms with Crippen LogP contribution in [0.1, 0.15) is 18.6 Å². The predicted octanol–water partition coefficient (Wildman–Crippen LogP) is 0.488. The lowest BCUT2D eigenvalue weighted by Crippen LogP contribution is -2.45. The standard InChI is InChI=1S/C13H20N4O4/c1-14-12(18)9-16-6-4-10(5-7-16)15-8-11-2-3-13(21-11)17(19)20/h2-3,10,15H,4-9H2,1H3,(H,14,18). The van der Waals surface area contributed by atoms with Crippen LogP contribution in [0.3, 0.4) is 0 Å². The van der Waals surface area contributed by atoms with Crippen LogP contribution in [-0.2, 0) is 11.3 Å². The fourth-order valence-corrected chi connectivity index (χ4v) is 2.38. The summed E-state index contributed by atoms with van der Waals surface area (Å²) in [5.74, 6) is 0.367. The normalized spacial score (nSPS) is 16.8. The highest BCUT2D eigenvalue weighted by Crippen LogP contribution is 2.16. The van der Waals surface area contributed by atoms with E-state index in [0.29, 0.717) is 24.9 Å². The summed E-state index contributed by atoms with van der Waals surface area (Å²) in [4.78, 5) is 23.4. The molecule has 1 aliphatic heterocycles. The molecule has 0 atom stereocenters. The lowest BCUT2D eigenvalue weighted by molar-refractivity contribution is -0.402. The molecule has 0 spiro atoms. The Hall–Kier alpha value is -1.93. The molecule has 1 aromatic rings. The second-order valence-corrected chi connectivity index (χ2v) is 5.10. The Balaban J connectivity index is 1.71. The quantitative estimate of drug-likeness (QED) is 0.585. The van der Waals surface area contributed by atoms with E-state index in [1.54, 1.807) is 13.1 Å². The number of likely N-dealkylation sites (tertiary alicyclic amines) is 1. The fourth-order valence-electron chi connectivity index (χ4n) is 2.38. The molecule has 2 rings (SSSR count). The summed E-state index contributed by atoms with van der Waals surface area (Å²) in [5.41, 5.74) is 0. The van der Waals surface area contributed by atoms with Gasteiger partial charge in [0.2, 0.25) is 5.91 Å². The molecule has 1 saturated heterocycles. The molecule has 1 aromatic heterocycles. The molecule has 0 aliphatic carbocycles. The van der Waals surface area contributed by atoms with Gasteiger partial charge in [-0.15, -0.1) is 0 Å². The molecule has 0 unspecified atom stereocenters. The van der Waals surface area contributed by atoms with Gasteiger partial charge in [-0.2, -0.15) is 0 Å². The van der Waals surface area contributed by atoms with Crippen LogP contribution >= 0.6 is 0 Å². The third-order valence-corrected chi connectivity index (χ3v) is 3.63. The maximum atomic E-state index is 11.3. The minimum absolute atomic E-state index is 0.0318. The number of hydrogen-bond donors (Lipinski definition) is 2. The summed E-state index contributed by atoms with van der Waals surface area (Å²) in [7, 11) is 1.64. The first-order chi connectivity index (χ1) is 10.1. The van der Waals surface area contributed by atoms with E-state index in [1.165, 1.54) is 6.07 Å². The third kappa shape index (κ3) is 4.54. The number of carbonyl (C=O) groups is 1. The first-order valence-electron chi connectivity index (χ1n) is 6.98. The maximum Gasteiger partial charge on any atom is 0.433 e. The Bertz CT molecular complexity index is 494. The van der Waals surface area contributed by atoms with Gasteiger partial charge in [0.25, 0.3) is 0 Å². The van der Waals surface area contributed by atoms with E-state index < -0.39 is 4.92 Å². The summed E-state index contributed by atoms with van der Waals surface area (Å²) in [6.45, 7) is 2.65. The van der Waals surface area contributed by atoms with Crippen LogP contribution in [0.4, 0.5) is 5.88 Å². The Labute approximate surface area is 122 Å². The summed E-state index contributed by atoms with van der Waals surface area (Å²) >= 11 is 0. The molecule has 1 fully saturated rings. The van der Waals surface area contributed by atoms with E-state index in [1.807, 2.05) is 0 Å². The number of furan rings is 1.